The van der Waals surface area contributed by atoms with E-state index in [1.165, 1.54) is 4.68 Å². The first-order chi connectivity index (χ1) is 14.0. The molecule has 0 spiro atoms. The molecule has 0 unspecified atom stereocenters. The maximum absolute atomic E-state index is 12.3. The smallest absolute Gasteiger partial charge is 0.312 e. The number of hydrogen-bond donors (Lipinski definition) is 0. The third kappa shape index (κ3) is 4.02. The van der Waals surface area contributed by atoms with Gasteiger partial charge in [0.15, 0.2) is 6.61 Å². The van der Waals surface area contributed by atoms with Crippen LogP contribution < -0.4 is 5.56 Å². The van der Waals surface area contributed by atoms with E-state index in [1.807, 2.05) is 0 Å². The number of fused-ring (bicyclic) bond motifs is 1. The van der Waals surface area contributed by atoms with Crippen LogP contribution in [0.3, 0.4) is 0 Å². The summed E-state index contributed by atoms with van der Waals surface area (Å²) in [6.45, 7) is -0.164. The molecule has 2 aromatic heterocycles. The Balaban J connectivity index is 1.45. The van der Waals surface area contributed by atoms with Crippen LogP contribution in [0.15, 0.2) is 57.8 Å². The lowest BCUT2D eigenvalue weighted by molar-refractivity contribution is -0.144. The van der Waals surface area contributed by atoms with Gasteiger partial charge in [-0.3, -0.25) is 9.59 Å². The second-order valence-corrected chi connectivity index (χ2v) is 6.71. The van der Waals surface area contributed by atoms with Crippen molar-refractivity contribution >= 4 is 28.3 Å². The standard InChI is InChI=1S/C20H15ClN4O4/c1-25-20(27)15-5-3-2-4-14(15)16(23-25)10-18(26)28-11-17-22-19(24-29-17)12-6-8-13(21)9-7-12/h2-9H,10-11H2,1H3. The second-order valence-electron chi connectivity index (χ2n) is 6.28. The van der Waals surface area contributed by atoms with Crippen molar-refractivity contribution in [3.05, 3.63) is 75.5 Å². The molecule has 2 heterocycles. The number of halogens is 1. The summed E-state index contributed by atoms with van der Waals surface area (Å²) in [4.78, 5) is 28.7. The van der Waals surface area contributed by atoms with E-state index in [0.717, 1.165) is 5.56 Å². The third-order valence-electron chi connectivity index (χ3n) is 4.27. The van der Waals surface area contributed by atoms with Crippen LogP contribution >= 0.6 is 11.6 Å². The molecule has 0 saturated carbocycles. The molecule has 4 rings (SSSR count). The van der Waals surface area contributed by atoms with Crippen molar-refractivity contribution in [3.63, 3.8) is 0 Å². The van der Waals surface area contributed by atoms with E-state index in [1.54, 1.807) is 55.6 Å². The van der Waals surface area contributed by atoms with E-state index in [-0.39, 0.29) is 24.5 Å². The molecule has 0 aliphatic carbocycles. The largest absolute Gasteiger partial charge is 0.455 e. The minimum Gasteiger partial charge on any atom is -0.455 e. The van der Waals surface area contributed by atoms with E-state index in [9.17, 15) is 9.59 Å². The number of rotatable bonds is 5. The van der Waals surface area contributed by atoms with Crippen LogP contribution in [0.25, 0.3) is 22.2 Å². The highest BCUT2D eigenvalue weighted by atomic mass is 35.5. The Morgan fingerprint density at radius 3 is 2.62 bits per heavy atom. The first-order valence-corrected chi connectivity index (χ1v) is 9.08. The maximum Gasteiger partial charge on any atom is 0.312 e. The highest BCUT2D eigenvalue weighted by Crippen LogP contribution is 2.19. The molecule has 9 heteroatoms. The van der Waals surface area contributed by atoms with Gasteiger partial charge in [-0.1, -0.05) is 35.0 Å². The fourth-order valence-corrected chi connectivity index (χ4v) is 2.99. The molecule has 0 radical (unpaired) electrons. The Hall–Kier alpha value is -3.52. The van der Waals surface area contributed by atoms with Gasteiger partial charge < -0.3 is 9.26 Å². The number of hydrogen-bond acceptors (Lipinski definition) is 7. The van der Waals surface area contributed by atoms with Gasteiger partial charge >= 0.3 is 5.97 Å². The van der Waals surface area contributed by atoms with Crippen LogP contribution in [0.1, 0.15) is 11.6 Å². The predicted octanol–water partition coefficient (Wildman–Crippen LogP) is 2.92. The van der Waals surface area contributed by atoms with Crippen LogP contribution in [0, 0.1) is 0 Å². The molecule has 0 aliphatic rings. The summed E-state index contributed by atoms with van der Waals surface area (Å²) >= 11 is 5.86. The molecule has 0 amide bonds. The van der Waals surface area contributed by atoms with Crippen LogP contribution in [0.5, 0.6) is 0 Å². The van der Waals surface area contributed by atoms with E-state index >= 15 is 0 Å². The van der Waals surface area contributed by atoms with E-state index < -0.39 is 5.97 Å². The molecule has 4 aromatic rings. The SMILES string of the molecule is Cn1nc(CC(=O)OCc2nc(-c3ccc(Cl)cc3)no2)c2ccccc2c1=O. The van der Waals surface area contributed by atoms with Gasteiger partial charge in [-0.05, 0) is 30.3 Å². The highest BCUT2D eigenvalue weighted by molar-refractivity contribution is 6.30. The maximum atomic E-state index is 12.3. The summed E-state index contributed by atoms with van der Waals surface area (Å²) in [6.07, 6.45) is -0.0905. The molecule has 0 fully saturated rings. The van der Waals surface area contributed by atoms with E-state index in [4.69, 9.17) is 20.9 Å². The number of nitrogens with zero attached hydrogens (tertiary/aromatic N) is 4. The second kappa shape index (κ2) is 7.84. The quantitative estimate of drug-likeness (QED) is 0.466. The molecular weight excluding hydrogens is 396 g/mol. The third-order valence-corrected chi connectivity index (χ3v) is 4.52. The molecule has 0 saturated heterocycles. The molecule has 0 aliphatic heterocycles. The highest BCUT2D eigenvalue weighted by Gasteiger charge is 2.15. The van der Waals surface area contributed by atoms with Crippen molar-refractivity contribution in [2.24, 2.45) is 7.05 Å². The summed E-state index contributed by atoms with van der Waals surface area (Å²) in [5.41, 5.74) is 0.968. The van der Waals surface area contributed by atoms with Crippen LogP contribution in [-0.4, -0.2) is 25.9 Å². The molecule has 0 atom stereocenters. The Labute approximate surface area is 169 Å². The van der Waals surface area contributed by atoms with Crippen molar-refractivity contribution in [2.45, 2.75) is 13.0 Å². The lowest BCUT2D eigenvalue weighted by Gasteiger charge is -2.07. The summed E-state index contributed by atoms with van der Waals surface area (Å²) in [5.74, 6) is 0.0209. The monoisotopic (exact) mass is 410 g/mol. The van der Waals surface area contributed by atoms with Crippen LogP contribution in [0.2, 0.25) is 5.02 Å². The average Bonchev–Trinajstić information content (AvgIpc) is 3.20. The first kappa shape index (κ1) is 18.8. The van der Waals surface area contributed by atoms with Crippen molar-refractivity contribution < 1.29 is 14.1 Å². The summed E-state index contributed by atoms with van der Waals surface area (Å²) in [6, 6.07) is 14.0. The van der Waals surface area contributed by atoms with E-state index in [0.29, 0.717) is 27.3 Å². The molecule has 8 nitrogen and oxygen atoms in total. The fourth-order valence-electron chi connectivity index (χ4n) is 2.87. The summed E-state index contributed by atoms with van der Waals surface area (Å²) in [7, 11) is 1.54. The van der Waals surface area contributed by atoms with Gasteiger partial charge in [0.2, 0.25) is 5.82 Å². The fraction of sp³-hybridized carbons (Fsp3) is 0.150. The number of ether oxygens (including phenoxy) is 1. The Bertz CT molecular complexity index is 1250. The van der Waals surface area contributed by atoms with Crippen molar-refractivity contribution in [1.29, 1.82) is 0 Å². The van der Waals surface area contributed by atoms with Crippen molar-refractivity contribution in [3.8, 4) is 11.4 Å². The number of carbonyl (C=O) groups is 1. The molecule has 146 valence electrons. The lowest BCUT2D eigenvalue weighted by atomic mass is 10.1. The van der Waals surface area contributed by atoms with Gasteiger partial charge in [-0.15, -0.1) is 0 Å². The molecule has 2 aromatic carbocycles. The zero-order valence-corrected chi connectivity index (χ0v) is 16.1. The van der Waals surface area contributed by atoms with Crippen molar-refractivity contribution in [2.75, 3.05) is 0 Å². The number of carbonyl (C=O) groups excluding carboxylic acids is 1. The normalized spacial score (nSPS) is 11.0. The van der Waals surface area contributed by atoms with Gasteiger partial charge in [-0.25, -0.2) is 4.68 Å². The predicted molar refractivity (Wildman–Crippen MR) is 105 cm³/mol. The molecule has 0 N–H and O–H groups in total. The Morgan fingerprint density at radius 1 is 1.14 bits per heavy atom. The zero-order chi connectivity index (χ0) is 20.4. The minimum atomic E-state index is -0.521. The Kier molecular flexibility index (Phi) is 5.09. The number of aryl methyl sites for hydroxylation is 1. The first-order valence-electron chi connectivity index (χ1n) is 8.70. The van der Waals surface area contributed by atoms with Crippen LogP contribution in [0.4, 0.5) is 0 Å². The van der Waals surface area contributed by atoms with Gasteiger partial charge in [0.05, 0.1) is 17.5 Å². The molecular formula is C20H15ClN4O4. The topological polar surface area (TPSA) is 100 Å². The van der Waals surface area contributed by atoms with Gasteiger partial charge in [-0.2, -0.15) is 10.1 Å². The van der Waals surface area contributed by atoms with Crippen LogP contribution in [-0.2, 0) is 29.6 Å². The molecule has 29 heavy (non-hydrogen) atoms. The van der Waals surface area contributed by atoms with Gasteiger partial charge in [0.1, 0.15) is 0 Å². The minimum absolute atomic E-state index is 0.0905. The zero-order valence-electron chi connectivity index (χ0n) is 15.3. The summed E-state index contributed by atoms with van der Waals surface area (Å²) in [5, 5.41) is 9.78. The number of esters is 1. The Morgan fingerprint density at radius 2 is 1.86 bits per heavy atom. The molecule has 0 bridgehead atoms. The van der Waals surface area contributed by atoms with E-state index in [2.05, 4.69) is 15.2 Å². The van der Waals surface area contributed by atoms with Gasteiger partial charge in [0, 0.05) is 23.0 Å². The number of benzene rings is 2. The van der Waals surface area contributed by atoms with Gasteiger partial charge in [0.25, 0.3) is 11.4 Å². The number of aromatic nitrogens is 4. The van der Waals surface area contributed by atoms with Crippen molar-refractivity contribution in [1.82, 2.24) is 19.9 Å². The average molecular weight is 411 g/mol. The lowest BCUT2D eigenvalue weighted by Crippen LogP contribution is -2.22. The summed E-state index contributed by atoms with van der Waals surface area (Å²) < 4.78 is 11.6.